The number of aliphatic hydroxyl groups is 1. The summed E-state index contributed by atoms with van der Waals surface area (Å²) in [6.07, 6.45) is 9.38. The Kier molecular flexibility index (Phi) is 6.04. The summed E-state index contributed by atoms with van der Waals surface area (Å²) in [6.45, 7) is 18.1. The highest BCUT2D eigenvalue weighted by molar-refractivity contribution is 5.68. The summed E-state index contributed by atoms with van der Waals surface area (Å²) in [4.78, 5) is 24.3. The number of hydrogen-bond acceptors (Lipinski definition) is 3. The van der Waals surface area contributed by atoms with E-state index in [0.717, 1.165) is 44.8 Å². The van der Waals surface area contributed by atoms with Crippen LogP contribution in [0.3, 0.4) is 0 Å². The zero-order valence-electron chi connectivity index (χ0n) is 22.8. The molecule has 0 bridgehead atoms. The minimum absolute atomic E-state index is 0.00288. The molecule has 0 spiro atoms. The Balaban J connectivity index is 1.84. The van der Waals surface area contributed by atoms with Gasteiger partial charge in [-0.1, -0.05) is 67.0 Å². The summed E-state index contributed by atoms with van der Waals surface area (Å²) in [6, 6.07) is 0. The maximum absolute atomic E-state index is 12.2. The van der Waals surface area contributed by atoms with Crippen molar-refractivity contribution < 1.29 is 19.8 Å². The van der Waals surface area contributed by atoms with E-state index in [1.54, 1.807) is 5.57 Å². The van der Waals surface area contributed by atoms with Crippen molar-refractivity contribution in [1.29, 1.82) is 0 Å². The van der Waals surface area contributed by atoms with Crippen LogP contribution < -0.4 is 0 Å². The number of hydrogen-bond donors (Lipinski definition) is 2. The highest BCUT2D eigenvalue weighted by Gasteiger charge is 2.67. The minimum Gasteiger partial charge on any atom is -0.481 e. The van der Waals surface area contributed by atoms with E-state index in [1.165, 1.54) is 0 Å². The van der Waals surface area contributed by atoms with Crippen molar-refractivity contribution in [3.63, 3.8) is 0 Å². The Hall–Kier alpha value is -1.16. The first-order valence-electron chi connectivity index (χ1n) is 13.6. The number of carbonyl (C=O) groups is 2. The predicted molar refractivity (Wildman–Crippen MR) is 135 cm³/mol. The van der Waals surface area contributed by atoms with Crippen LogP contribution in [0.15, 0.2) is 11.6 Å². The van der Waals surface area contributed by atoms with Gasteiger partial charge >= 0.3 is 5.97 Å². The molecule has 10 atom stereocenters. The summed E-state index contributed by atoms with van der Waals surface area (Å²) in [5.74, 6) is 0.719. The van der Waals surface area contributed by atoms with Crippen molar-refractivity contribution in [2.75, 3.05) is 0 Å². The van der Waals surface area contributed by atoms with Crippen LogP contribution in [0.1, 0.15) is 100 Å². The molecular formula is C30H48O4. The second kappa shape index (κ2) is 7.92. The molecule has 4 aliphatic carbocycles. The summed E-state index contributed by atoms with van der Waals surface area (Å²) in [5, 5.41) is 20.8. The fourth-order valence-electron chi connectivity index (χ4n) is 10.2. The van der Waals surface area contributed by atoms with Gasteiger partial charge in [0.05, 0.1) is 12.5 Å². The van der Waals surface area contributed by atoms with Crippen molar-refractivity contribution in [3.8, 4) is 0 Å². The van der Waals surface area contributed by atoms with Gasteiger partial charge in [-0.15, -0.1) is 0 Å². The lowest BCUT2D eigenvalue weighted by atomic mass is 9.34. The number of fused-ring (bicyclic) bond motifs is 5. The first-order chi connectivity index (χ1) is 15.6. The lowest BCUT2D eigenvalue weighted by molar-refractivity contribution is -0.180. The van der Waals surface area contributed by atoms with Crippen LogP contribution in [0, 0.1) is 56.7 Å². The van der Waals surface area contributed by atoms with E-state index in [9.17, 15) is 19.8 Å². The topological polar surface area (TPSA) is 74.6 Å². The molecule has 192 valence electrons. The van der Waals surface area contributed by atoms with Gasteiger partial charge in [-0.3, -0.25) is 4.79 Å². The van der Waals surface area contributed by atoms with Crippen LogP contribution in [0.4, 0.5) is 0 Å². The maximum Gasteiger partial charge on any atom is 0.303 e. The largest absolute Gasteiger partial charge is 0.481 e. The average Bonchev–Trinajstić information content (AvgIpc) is 2.72. The van der Waals surface area contributed by atoms with Crippen LogP contribution in [0.25, 0.3) is 0 Å². The van der Waals surface area contributed by atoms with Gasteiger partial charge in [-0.2, -0.15) is 0 Å². The van der Waals surface area contributed by atoms with Crippen LogP contribution in [0.5, 0.6) is 0 Å². The average molecular weight is 473 g/mol. The summed E-state index contributed by atoms with van der Waals surface area (Å²) in [5.41, 5.74) is 0.767. The van der Waals surface area contributed by atoms with Crippen molar-refractivity contribution in [3.05, 3.63) is 11.6 Å². The van der Waals surface area contributed by atoms with Crippen molar-refractivity contribution in [2.45, 2.75) is 106 Å². The number of aldehydes is 1. The number of aliphatic hydroxyl groups excluding tert-OH is 1. The van der Waals surface area contributed by atoms with Gasteiger partial charge < -0.3 is 15.0 Å². The van der Waals surface area contributed by atoms with Gasteiger partial charge in [-0.05, 0) is 89.8 Å². The van der Waals surface area contributed by atoms with Crippen molar-refractivity contribution in [1.82, 2.24) is 0 Å². The Labute approximate surface area is 207 Å². The van der Waals surface area contributed by atoms with E-state index >= 15 is 0 Å². The van der Waals surface area contributed by atoms with Crippen molar-refractivity contribution >= 4 is 12.3 Å². The first-order valence-corrected chi connectivity index (χ1v) is 13.6. The molecule has 0 radical (unpaired) electrons. The van der Waals surface area contributed by atoms with Gasteiger partial charge in [-0.25, -0.2) is 0 Å². The molecule has 2 N–H and O–H groups in total. The fraction of sp³-hybridized carbons (Fsp3) is 0.867. The monoisotopic (exact) mass is 472 g/mol. The Morgan fingerprint density at radius 1 is 1.12 bits per heavy atom. The molecule has 10 unspecified atom stereocenters. The van der Waals surface area contributed by atoms with E-state index in [2.05, 4.69) is 47.6 Å². The molecular weight excluding hydrogens is 424 g/mol. The molecule has 0 aliphatic heterocycles. The SMILES string of the molecule is CC1C(O)CC2(C)CCC3(C)C(=CCC4C(C)(CC(=O)O)C(C(C)(C)C=O)CCC43C)C2C1C. The van der Waals surface area contributed by atoms with Gasteiger partial charge in [0.1, 0.15) is 6.29 Å². The van der Waals surface area contributed by atoms with Crippen LogP contribution >= 0.6 is 0 Å². The summed E-state index contributed by atoms with van der Waals surface area (Å²) in [7, 11) is 0. The molecule has 4 rings (SSSR count). The third-order valence-corrected chi connectivity index (χ3v) is 12.4. The molecule has 0 amide bonds. The van der Waals surface area contributed by atoms with E-state index in [0.29, 0.717) is 11.8 Å². The summed E-state index contributed by atoms with van der Waals surface area (Å²) >= 11 is 0. The molecule has 0 aromatic rings. The van der Waals surface area contributed by atoms with Gasteiger partial charge in [0.25, 0.3) is 0 Å². The van der Waals surface area contributed by atoms with E-state index < -0.39 is 16.8 Å². The lowest BCUT2D eigenvalue weighted by Gasteiger charge is -2.70. The van der Waals surface area contributed by atoms with Crippen LogP contribution in [-0.2, 0) is 9.59 Å². The summed E-state index contributed by atoms with van der Waals surface area (Å²) < 4.78 is 0. The number of allylic oxidation sites excluding steroid dienone is 2. The highest BCUT2D eigenvalue weighted by atomic mass is 16.4. The molecule has 34 heavy (non-hydrogen) atoms. The first kappa shape index (κ1) is 25.9. The molecule has 0 saturated heterocycles. The molecule has 0 aromatic carbocycles. The van der Waals surface area contributed by atoms with E-state index in [-0.39, 0.29) is 46.5 Å². The third kappa shape index (κ3) is 3.33. The quantitative estimate of drug-likeness (QED) is 0.361. The highest BCUT2D eigenvalue weighted by Crippen LogP contribution is 2.74. The molecule has 4 aliphatic rings. The second-order valence-corrected chi connectivity index (χ2v) is 14.4. The van der Waals surface area contributed by atoms with E-state index in [4.69, 9.17) is 0 Å². The number of aliphatic carboxylic acids is 1. The van der Waals surface area contributed by atoms with Crippen molar-refractivity contribution in [2.24, 2.45) is 56.7 Å². The van der Waals surface area contributed by atoms with Gasteiger partial charge in [0.2, 0.25) is 0 Å². The number of carbonyl (C=O) groups excluding carboxylic acids is 1. The Bertz CT molecular complexity index is 890. The van der Waals surface area contributed by atoms with E-state index in [1.807, 2.05) is 13.8 Å². The third-order valence-electron chi connectivity index (χ3n) is 12.4. The number of carboxylic acid groups (broad SMARTS) is 1. The minimum atomic E-state index is -0.752. The Morgan fingerprint density at radius 3 is 2.35 bits per heavy atom. The predicted octanol–water partition coefficient (Wildman–Crippen LogP) is 6.51. The Morgan fingerprint density at radius 2 is 1.76 bits per heavy atom. The standard InChI is InChI=1S/C30H48O4/c1-18-19(2)25-20-9-10-23-28(6,16-24(33)34)22(26(3,4)17-31)11-12-30(23,8)29(20,7)14-13-27(25,5)15-21(18)32/h9,17-19,21-23,25,32H,10-16H2,1-8H3,(H,33,34). The second-order valence-electron chi connectivity index (χ2n) is 14.4. The zero-order chi connectivity index (χ0) is 25.5. The smallest absolute Gasteiger partial charge is 0.303 e. The normalized spacial score (nSPS) is 50.9. The van der Waals surface area contributed by atoms with Crippen LogP contribution in [0.2, 0.25) is 0 Å². The molecule has 3 saturated carbocycles. The zero-order valence-corrected chi connectivity index (χ0v) is 22.8. The lowest BCUT2D eigenvalue weighted by Crippen LogP contribution is -2.63. The van der Waals surface area contributed by atoms with Gasteiger partial charge in [0, 0.05) is 5.41 Å². The molecule has 4 heteroatoms. The van der Waals surface area contributed by atoms with Crippen LogP contribution in [-0.4, -0.2) is 28.6 Å². The number of carboxylic acids is 1. The molecule has 0 aromatic heterocycles. The van der Waals surface area contributed by atoms with Gasteiger partial charge in [0.15, 0.2) is 0 Å². The fourth-order valence-corrected chi connectivity index (χ4v) is 10.2. The molecule has 3 fully saturated rings. The molecule has 4 nitrogen and oxygen atoms in total. The molecule has 0 heterocycles. The number of rotatable bonds is 4. The maximum atomic E-state index is 12.2.